The second kappa shape index (κ2) is 8.81. The predicted octanol–water partition coefficient (Wildman–Crippen LogP) is 2.19. The number of nitrogens with two attached hydrogens (primary N) is 1. The van der Waals surface area contributed by atoms with Gasteiger partial charge >= 0.3 is 6.03 Å². The van der Waals surface area contributed by atoms with Crippen LogP contribution < -0.4 is 11.1 Å². The van der Waals surface area contributed by atoms with Gasteiger partial charge < -0.3 is 5.73 Å². The van der Waals surface area contributed by atoms with Gasteiger partial charge in [0, 0.05) is 5.56 Å². The molecule has 0 bridgehead atoms. The van der Waals surface area contributed by atoms with Crippen LogP contribution in [0.5, 0.6) is 0 Å². The molecule has 1 aromatic heterocycles. The van der Waals surface area contributed by atoms with Crippen LogP contribution in [0.15, 0.2) is 39.0 Å². The Morgan fingerprint density at radius 3 is 2.54 bits per heavy atom. The highest BCUT2D eigenvalue weighted by Gasteiger charge is 2.18. The summed E-state index contributed by atoms with van der Waals surface area (Å²) in [5.41, 5.74) is 5.56. The fourth-order valence-electron chi connectivity index (χ4n) is 1.57. The average molecular weight is 382 g/mol. The number of amides is 3. The second-order valence-corrected chi connectivity index (χ2v) is 8.31. The zero-order chi connectivity index (χ0) is 17.5. The zero-order valence-electron chi connectivity index (χ0n) is 12.6. The molecule has 3 N–H and O–H groups in total. The molecule has 0 saturated carbocycles. The van der Waals surface area contributed by atoms with Crippen LogP contribution in [0.2, 0.25) is 0 Å². The van der Waals surface area contributed by atoms with Crippen molar-refractivity contribution in [2.75, 3.05) is 5.75 Å². The van der Waals surface area contributed by atoms with Crippen LogP contribution in [0.4, 0.5) is 4.79 Å². The molecule has 0 fully saturated rings. The van der Waals surface area contributed by atoms with Crippen LogP contribution in [0.3, 0.4) is 0 Å². The molecule has 2 rings (SSSR count). The summed E-state index contributed by atoms with van der Waals surface area (Å²) in [5, 5.41) is 9.44. The molecule has 0 saturated heterocycles. The number of hydrogen-bond acceptors (Lipinski definition) is 8. The highest BCUT2D eigenvalue weighted by molar-refractivity contribution is 8.04. The fraction of sp³-hybridized carbons (Fsp3) is 0.214. The summed E-state index contributed by atoms with van der Waals surface area (Å²) in [6, 6.07) is 8.13. The predicted molar refractivity (Wildman–Crippen MR) is 94.5 cm³/mol. The van der Waals surface area contributed by atoms with Crippen molar-refractivity contribution in [2.45, 2.75) is 20.9 Å². The van der Waals surface area contributed by atoms with Gasteiger partial charge in [-0.25, -0.2) is 4.79 Å². The van der Waals surface area contributed by atoms with Crippen LogP contribution in [0, 0.1) is 0 Å². The minimum atomic E-state index is -0.889. The largest absolute Gasteiger partial charge is 0.351 e. The number of primary amides is 1. The number of Topliss-reactive ketones (excluding diaryl/α,β-unsaturated/α-hetero) is 1. The summed E-state index contributed by atoms with van der Waals surface area (Å²) in [7, 11) is 0. The van der Waals surface area contributed by atoms with Crippen LogP contribution in [0.25, 0.3) is 0 Å². The zero-order valence-corrected chi connectivity index (χ0v) is 15.0. The topological polar surface area (TPSA) is 115 Å². The van der Waals surface area contributed by atoms with Gasteiger partial charge in [0.05, 0.1) is 11.0 Å². The van der Waals surface area contributed by atoms with Crippen molar-refractivity contribution >= 4 is 52.6 Å². The number of urea groups is 1. The van der Waals surface area contributed by atoms with E-state index < -0.39 is 17.2 Å². The van der Waals surface area contributed by atoms with E-state index in [-0.39, 0.29) is 11.5 Å². The molecule has 1 aromatic carbocycles. The lowest BCUT2D eigenvalue weighted by molar-refractivity contribution is -0.119. The molecule has 0 spiro atoms. The van der Waals surface area contributed by atoms with E-state index in [1.807, 2.05) is 23.5 Å². The van der Waals surface area contributed by atoms with E-state index in [0.717, 1.165) is 0 Å². The lowest BCUT2D eigenvalue weighted by atomic mass is 10.2. The third-order valence-corrected chi connectivity index (χ3v) is 5.94. The molecule has 0 aliphatic carbocycles. The van der Waals surface area contributed by atoms with Gasteiger partial charge in [-0.3, -0.25) is 14.9 Å². The van der Waals surface area contributed by atoms with Gasteiger partial charge in [-0.1, -0.05) is 65.2 Å². The van der Waals surface area contributed by atoms with Crippen molar-refractivity contribution in [1.29, 1.82) is 0 Å². The number of benzene rings is 1. The number of carbonyl (C=O) groups excluding carboxylic acids is 3. The van der Waals surface area contributed by atoms with E-state index in [0.29, 0.717) is 14.2 Å². The third-order valence-electron chi connectivity index (χ3n) is 2.70. The first kappa shape index (κ1) is 18.4. The number of nitrogens with zero attached hydrogens (tertiary/aromatic N) is 2. The highest BCUT2D eigenvalue weighted by atomic mass is 32.2. The Hall–Kier alpha value is -1.91. The molecule has 0 aliphatic heterocycles. The quantitative estimate of drug-likeness (QED) is 0.557. The monoisotopic (exact) mass is 382 g/mol. The summed E-state index contributed by atoms with van der Waals surface area (Å²) >= 11 is 3.76. The van der Waals surface area contributed by atoms with Crippen LogP contribution in [-0.4, -0.2) is 38.9 Å². The van der Waals surface area contributed by atoms with Gasteiger partial charge in [-0.2, -0.15) is 0 Å². The van der Waals surface area contributed by atoms with E-state index in [1.54, 1.807) is 19.1 Å². The number of imide groups is 1. The standard InChI is InChI=1S/C14H14N4O3S3/c1-8(11(20)16-12(15)21)23-14-18-17-13(24-14)22-7-10(19)9-5-3-2-4-6-9/h2-6,8H,7H2,1H3,(H3,15,16,20,21)/t8-/m1/s1. The summed E-state index contributed by atoms with van der Waals surface area (Å²) < 4.78 is 1.22. The molecule has 126 valence electrons. The van der Waals surface area contributed by atoms with Crippen molar-refractivity contribution in [3.05, 3.63) is 35.9 Å². The molecule has 0 radical (unpaired) electrons. The Bertz CT molecular complexity index is 736. The van der Waals surface area contributed by atoms with E-state index in [2.05, 4.69) is 10.2 Å². The van der Waals surface area contributed by atoms with Gasteiger partial charge in [0.1, 0.15) is 0 Å². The van der Waals surface area contributed by atoms with Crippen LogP contribution in [0.1, 0.15) is 17.3 Å². The van der Waals surface area contributed by atoms with Crippen molar-refractivity contribution in [3.8, 4) is 0 Å². The highest BCUT2D eigenvalue weighted by Crippen LogP contribution is 2.31. The van der Waals surface area contributed by atoms with E-state index in [9.17, 15) is 14.4 Å². The van der Waals surface area contributed by atoms with Crippen LogP contribution in [-0.2, 0) is 4.79 Å². The molecule has 3 amide bonds. The number of rotatable bonds is 7. The number of nitrogens with one attached hydrogen (secondary N) is 1. The Morgan fingerprint density at radius 1 is 1.21 bits per heavy atom. The lowest BCUT2D eigenvalue weighted by Gasteiger charge is -2.06. The Balaban J connectivity index is 1.86. The summed E-state index contributed by atoms with van der Waals surface area (Å²) in [5.74, 6) is -0.212. The van der Waals surface area contributed by atoms with Gasteiger partial charge in [0.15, 0.2) is 14.5 Å². The van der Waals surface area contributed by atoms with Gasteiger partial charge in [0.25, 0.3) is 0 Å². The smallest absolute Gasteiger partial charge is 0.318 e. The summed E-state index contributed by atoms with van der Waals surface area (Å²) in [4.78, 5) is 34.3. The number of aromatic nitrogens is 2. The first-order valence-electron chi connectivity index (χ1n) is 6.77. The van der Waals surface area contributed by atoms with Crippen molar-refractivity contribution in [3.63, 3.8) is 0 Å². The molecule has 0 unspecified atom stereocenters. The number of ketones is 1. The van der Waals surface area contributed by atoms with Crippen LogP contribution >= 0.6 is 34.9 Å². The minimum absolute atomic E-state index is 0.0132. The lowest BCUT2D eigenvalue weighted by Crippen LogP contribution is -2.39. The SMILES string of the molecule is C[C@@H](Sc1nnc(SCC(=O)c2ccccc2)s1)C(=O)NC(N)=O. The second-order valence-electron chi connectivity index (χ2n) is 4.53. The molecule has 2 aromatic rings. The Labute approximate surface area is 150 Å². The number of carbonyl (C=O) groups is 3. The van der Waals surface area contributed by atoms with E-state index in [4.69, 9.17) is 5.73 Å². The average Bonchev–Trinajstić information content (AvgIpc) is 3.00. The molecule has 1 atom stereocenters. The van der Waals surface area contributed by atoms with Gasteiger partial charge in [-0.15, -0.1) is 10.2 Å². The summed E-state index contributed by atoms with van der Waals surface area (Å²) in [6.07, 6.45) is 0. The molecule has 1 heterocycles. The maximum absolute atomic E-state index is 12.0. The van der Waals surface area contributed by atoms with Gasteiger partial charge in [-0.05, 0) is 6.92 Å². The number of thioether (sulfide) groups is 2. The van der Waals surface area contributed by atoms with Crippen molar-refractivity contribution in [1.82, 2.24) is 15.5 Å². The normalized spacial score (nSPS) is 11.7. The maximum atomic E-state index is 12.0. The third kappa shape index (κ3) is 5.62. The first-order chi connectivity index (χ1) is 11.5. The van der Waals surface area contributed by atoms with E-state index >= 15 is 0 Å². The first-order valence-corrected chi connectivity index (χ1v) is 9.45. The molecule has 0 aliphatic rings. The number of hydrogen-bond donors (Lipinski definition) is 2. The van der Waals surface area contributed by atoms with Crippen molar-refractivity contribution in [2.24, 2.45) is 5.73 Å². The van der Waals surface area contributed by atoms with Gasteiger partial charge in [0.2, 0.25) is 5.91 Å². The van der Waals surface area contributed by atoms with E-state index in [1.165, 1.54) is 34.9 Å². The van der Waals surface area contributed by atoms with Crippen molar-refractivity contribution < 1.29 is 14.4 Å². The fourth-order valence-corrected chi connectivity index (χ4v) is 4.62. The minimum Gasteiger partial charge on any atom is -0.351 e. The molecule has 7 nitrogen and oxygen atoms in total. The Kier molecular flexibility index (Phi) is 6.76. The Morgan fingerprint density at radius 2 is 1.88 bits per heavy atom. The molecule has 10 heteroatoms. The molecular weight excluding hydrogens is 368 g/mol. The molecular formula is C14H14N4O3S3. The summed E-state index contributed by atoms with van der Waals surface area (Å²) in [6.45, 7) is 1.64. The maximum Gasteiger partial charge on any atom is 0.318 e. The molecule has 24 heavy (non-hydrogen) atoms.